The first-order valence-corrected chi connectivity index (χ1v) is 9.72. The molecule has 2 heterocycles. The third kappa shape index (κ3) is 3.26. The summed E-state index contributed by atoms with van der Waals surface area (Å²) in [5, 5.41) is 3.35. The van der Waals surface area contributed by atoms with E-state index in [2.05, 4.69) is 10.3 Å². The molecule has 5 nitrogen and oxygen atoms in total. The number of nitrogens with zero attached hydrogens (tertiary/aromatic N) is 2. The lowest BCUT2D eigenvalue weighted by molar-refractivity contribution is 0.445. The molecule has 116 valence electrons. The van der Waals surface area contributed by atoms with Crippen LogP contribution in [0.4, 0.5) is 0 Å². The molecule has 2 aliphatic rings. The quantitative estimate of drug-likeness (QED) is 0.924. The number of hydrogen-bond donors (Lipinski definition) is 1. The molecule has 21 heavy (non-hydrogen) atoms. The molecule has 0 aromatic carbocycles. The number of aromatic nitrogens is 2. The molecule has 1 atom stereocenters. The van der Waals surface area contributed by atoms with Crippen molar-refractivity contribution < 1.29 is 8.42 Å². The highest BCUT2D eigenvalue weighted by Gasteiger charge is 2.27. The zero-order valence-corrected chi connectivity index (χ0v) is 13.3. The fourth-order valence-electron chi connectivity index (χ4n) is 3.44. The maximum absolute atomic E-state index is 12.0. The fourth-order valence-corrected chi connectivity index (χ4v) is 4.28. The monoisotopic (exact) mass is 309 g/mol. The SMILES string of the molecule is CS(=O)(=O)c1cnc(C2CCCC2)nc1[C@@H]1CCCNC1. The molecule has 0 amide bonds. The van der Waals surface area contributed by atoms with Gasteiger partial charge in [0.2, 0.25) is 0 Å². The van der Waals surface area contributed by atoms with Gasteiger partial charge in [-0.1, -0.05) is 12.8 Å². The summed E-state index contributed by atoms with van der Waals surface area (Å²) < 4.78 is 24.1. The molecule has 0 radical (unpaired) electrons. The molecular formula is C15H23N3O2S. The third-order valence-electron chi connectivity index (χ3n) is 4.60. The summed E-state index contributed by atoms with van der Waals surface area (Å²) in [5.74, 6) is 1.45. The van der Waals surface area contributed by atoms with Crippen LogP contribution in [-0.2, 0) is 9.84 Å². The molecule has 6 heteroatoms. The van der Waals surface area contributed by atoms with Crippen molar-refractivity contribution in [2.24, 2.45) is 0 Å². The second-order valence-corrected chi connectivity index (χ2v) is 8.26. The summed E-state index contributed by atoms with van der Waals surface area (Å²) in [5.41, 5.74) is 0.738. The van der Waals surface area contributed by atoms with Crippen molar-refractivity contribution in [2.75, 3.05) is 19.3 Å². The number of sulfone groups is 1. The predicted octanol–water partition coefficient (Wildman–Crippen LogP) is 2.00. The zero-order chi connectivity index (χ0) is 14.9. The summed E-state index contributed by atoms with van der Waals surface area (Å²) in [6.07, 6.45) is 9.55. The average molecular weight is 309 g/mol. The maximum atomic E-state index is 12.0. The van der Waals surface area contributed by atoms with Crippen LogP contribution < -0.4 is 5.32 Å². The van der Waals surface area contributed by atoms with Crippen molar-refractivity contribution in [1.82, 2.24) is 15.3 Å². The van der Waals surface area contributed by atoms with Crippen molar-refractivity contribution >= 4 is 9.84 Å². The van der Waals surface area contributed by atoms with Gasteiger partial charge < -0.3 is 5.32 Å². The van der Waals surface area contributed by atoms with Crippen molar-refractivity contribution in [3.05, 3.63) is 17.7 Å². The third-order valence-corrected chi connectivity index (χ3v) is 5.72. The van der Waals surface area contributed by atoms with Gasteiger partial charge in [0.15, 0.2) is 9.84 Å². The molecule has 1 aromatic heterocycles. The number of rotatable bonds is 3. The highest BCUT2D eigenvalue weighted by Crippen LogP contribution is 2.34. The van der Waals surface area contributed by atoms with E-state index in [9.17, 15) is 8.42 Å². The van der Waals surface area contributed by atoms with Crippen molar-refractivity contribution in [3.63, 3.8) is 0 Å². The van der Waals surface area contributed by atoms with Gasteiger partial charge in [-0.2, -0.15) is 0 Å². The topological polar surface area (TPSA) is 72.0 Å². The average Bonchev–Trinajstić information content (AvgIpc) is 3.01. The molecule has 0 unspecified atom stereocenters. The lowest BCUT2D eigenvalue weighted by Crippen LogP contribution is -2.30. The summed E-state index contributed by atoms with van der Waals surface area (Å²) >= 11 is 0. The van der Waals surface area contributed by atoms with Crippen molar-refractivity contribution in [2.45, 2.75) is 55.3 Å². The highest BCUT2D eigenvalue weighted by molar-refractivity contribution is 7.90. The Kier molecular flexibility index (Phi) is 4.26. The number of piperidine rings is 1. The summed E-state index contributed by atoms with van der Waals surface area (Å²) in [6, 6.07) is 0. The molecule has 1 aliphatic carbocycles. The Bertz CT molecular complexity index is 603. The smallest absolute Gasteiger partial charge is 0.178 e. The van der Waals surface area contributed by atoms with Crippen molar-refractivity contribution in [1.29, 1.82) is 0 Å². The van der Waals surface area contributed by atoms with E-state index in [1.165, 1.54) is 19.1 Å². The summed E-state index contributed by atoms with van der Waals surface area (Å²) in [4.78, 5) is 9.40. The first kappa shape index (κ1) is 14.9. The van der Waals surface area contributed by atoms with Gasteiger partial charge >= 0.3 is 0 Å². The Hall–Kier alpha value is -1.01. The lowest BCUT2D eigenvalue weighted by atomic mass is 9.95. The Balaban J connectivity index is 2.00. The summed E-state index contributed by atoms with van der Waals surface area (Å²) in [6.45, 7) is 1.81. The molecule has 1 N–H and O–H groups in total. The predicted molar refractivity (Wildman–Crippen MR) is 81.2 cm³/mol. The van der Waals surface area contributed by atoms with Crippen LogP contribution in [0.3, 0.4) is 0 Å². The van der Waals surface area contributed by atoms with Gasteiger partial charge in [0, 0.05) is 30.8 Å². The van der Waals surface area contributed by atoms with Gasteiger partial charge in [-0.3, -0.25) is 0 Å². The van der Waals surface area contributed by atoms with Crippen LogP contribution in [0.25, 0.3) is 0 Å². The normalized spacial score (nSPS) is 24.3. The van der Waals surface area contributed by atoms with Crippen LogP contribution in [0.2, 0.25) is 0 Å². The molecule has 3 rings (SSSR count). The molecule has 1 aromatic rings. The van der Waals surface area contributed by atoms with E-state index in [-0.39, 0.29) is 5.92 Å². The van der Waals surface area contributed by atoms with Gasteiger partial charge in [0.05, 0.1) is 5.69 Å². The Morgan fingerprint density at radius 3 is 2.48 bits per heavy atom. The van der Waals surface area contributed by atoms with Crippen LogP contribution >= 0.6 is 0 Å². The minimum Gasteiger partial charge on any atom is -0.316 e. The Morgan fingerprint density at radius 2 is 1.86 bits per heavy atom. The van der Waals surface area contributed by atoms with Gasteiger partial charge in [-0.05, 0) is 32.2 Å². The first-order chi connectivity index (χ1) is 10.1. The fraction of sp³-hybridized carbons (Fsp3) is 0.733. The second-order valence-electron chi connectivity index (χ2n) is 6.27. The largest absolute Gasteiger partial charge is 0.316 e. The second kappa shape index (κ2) is 6.01. The van der Waals surface area contributed by atoms with E-state index in [4.69, 9.17) is 4.98 Å². The molecule has 1 aliphatic heterocycles. The van der Waals surface area contributed by atoms with E-state index in [0.717, 1.165) is 50.3 Å². The summed E-state index contributed by atoms with van der Waals surface area (Å²) in [7, 11) is -3.28. The molecule has 0 spiro atoms. The van der Waals surface area contributed by atoms with Gasteiger partial charge in [-0.25, -0.2) is 18.4 Å². The van der Waals surface area contributed by atoms with E-state index in [1.807, 2.05) is 0 Å². The van der Waals surface area contributed by atoms with Crippen LogP contribution in [0.5, 0.6) is 0 Å². The maximum Gasteiger partial charge on any atom is 0.178 e. The van der Waals surface area contributed by atoms with Gasteiger partial charge in [0.1, 0.15) is 10.7 Å². The van der Waals surface area contributed by atoms with Crippen LogP contribution in [0.1, 0.15) is 61.9 Å². The van der Waals surface area contributed by atoms with E-state index >= 15 is 0 Å². The first-order valence-electron chi connectivity index (χ1n) is 7.83. The molecule has 1 saturated heterocycles. The molecule has 1 saturated carbocycles. The minimum absolute atomic E-state index is 0.187. The van der Waals surface area contributed by atoms with E-state index < -0.39 is 9.84 Å². The van der Waals surface area contributed by atoms with Gasteiger partial charge in [0.25, 0.3) is 0 Å². The molecular weight excluding hydrogens is 286 g/mol. The zero-order valence-electron chi connectivity index (χ0n) is 12.5. The van der Waals surface area contributed by atoms with Crippen molar-refractivity contribution in [3.8, 4) is 0 Å². The number of nitrogens with one attached hydrogen (secondary N) is 1. The van der Waals surface area contributed by atoms with Gasteiger partial charge in [-0.15, -0.1) is 0 Å². The Morgan fingerprint density at radius 1 is 1.14 bits per heavy atom. The number of hydrogen-bond acceptors (Lipinski definition) is 5. The van der Waals surface area contributed by atoms with Crippen LogP contribution in [0, 0.1) is 0 Å². The Labute approximate surface area is 126 Å². The lowest BCUT2D eigenvalue weighted by Gasteiger charge is -2.24. The molecule has 0 bridgehead atoms. The van der Waals surface area contributed by atoms with Crippen LogP contribution in [-0.4, -0.2) is 37.7 Å². The van der Waals surface area contributed by atoms with Crippen LogP contribution in [0.15, 0.2) is 11.1 Å². The van der Waals surface area contributed by atoms with E-state index in [0.29, 0.717) is 10.8 Å². The minimum atomic E-state index is -3.28. The standard InChI is InChI=1S/C15H23N3O2S/c1-21(19,20)13-10-17-15(11-5-2-3-6-11)18-14(13)12-7-4-8-16-9-12/h10-12,16H,2-9H2,1H3/t12-/m1/s1. The van der Waals surface area contributed by atoms with E-state index in [1.54, 1.807) is 6.20 Å². The molecule has 2 fully saturated rings. The highest BCUT2D eigenvalue weighted by atomic mass is 32.2.